The van der Waals surface area contributed by atoms with Crippen molar-refractivity contribution >= 4 is 22.7 Å². The molecule has 0 aliphatic heterocycles. The standard InChI is InChI=1S/C22H28N4O3/c1-12-15(18(23)29-20(24)21(2,3)4)16-13(9-10-22(5,28)14-7-8-14)11-26(6)19(27)17(16)25-12/h11,14,23-25,28H,7-8H2,1-6H3. The summed E-state index contributed by atoms with van der Waals surface area (Å²) in [6.07, 6.45) is 3.51. The SMILES string of the molecule is Cc1[nH]c2c(=O)n(C)cc(C#CC(C)(O)C3CC3)c2c1C(=N)OC(=N)C(C)(C)C. The fourth-order valence-corrected chi connectivity index (χ4v) is 3.17. The molecule has 0 saturated heterocycles. The van der Waals surface area contributed by atoms with Crippen molar-refractivity contribution in [2.24, 2.45) is 18.4 Å². The lowest BCUT2D eigenvalue weighted by Crippen LogP contribution is -2.25. The van der Waals surface area contributed by atoms with Crippen LogP contribution in [0.3, 0.4) is 0 Å². The molecule has 154 valence electrons. The summed E-state index contributed by atoms with van der Waals surface area (Å²) in [6, 6.07) is 0. The number of hydrogen-bond acceptors (Lipinski definition) is 5. The van der Waals surface area contributed by atoms with Gasteiger partial charge in [0.05, 0.1) is 11.1 Å². The number of aromatic amines is 1. The van der Waals surface area contributed by atoms with Gasteiger partial charge in [0.25, 0.3) is 5.56 Å². The van der Waals surface area contributed by atoms with E-state index in [0.29, 0.717) is 27.7 Å². The molecule has 7 nitrogen and oxygen atoms in total. The van der Waals surface area contributed by atoms with Crippen molar-refractivity contribution in [3.05, 3.63) is 33.4 Å². The lowest BCUT2D eigenvalue weighted by molar-refractivity contribution is 0.0980. The van der Waals surface area contributed by atoms with Crippen LogP contribution in [0.2, 0.25) is 0 Å². The van der Waals surface area contributed by atoms with Crippen molar-refractivity contribution in [3.8, 4) is 11.8 Å². The Balaban J connectivity index is 2.17. The Bertz CT molecular complexity index is 1130. The number of aromatic nitrogens is 2. The van der Waals surface area contributed by atoms with E-state index in [1.54, 1.807) is 27.1 Å². The first-order valence-electron chi connectivity index (χ1n) is 9.66. The molecule has 1 unspecified atom stereocenters. The molecular weight excluding hydrogens is 368 g/mol. The van der Waals surface area contributed by atoms with Gasteiger partial charge in [-0.2, -0.15) is 0 Å². The number of pyridine rings is 1. The van der Waals surface area contributed by atoms with Gasteiger partial charge in [0, 0.05) is 29.7 Å². The monoisotopic (exact) mass is 396 g/mol. The number of aryl methyl sites for hydroxylation is 2. The Morgan fingerprint density at radius 1 is 1.31 bits per heavy atom. The largest absolute Gasteiger partial charge is 0.425 e. The van der Waals surface area contributed by atoms with E-state index in [2.05, 4.69) is 16.8 Å². The average molecular weight is 396 g/mol. The van der Waals surface area contributed by atoms with Gasteiger partial charge in [0.15, 0.2) is 5.90 Å². The van der Waals surface area contributed by atoms with Crippen LogP contribution in [0.25, 0.3) is 10.9 Å². The maximum atomic E-state index is 12.7. The van der Waals surface area contributed by atoms with Crippen molar-refractivity contribution in [3.63, 3.8) is 0 Å². The number of fused-ring (bicyclic) bond motifs is 1. The van der Waals surface area contributed by atoms with Gasteiger partial charge in [-0.3, -0.25) is 15.6 Å². The minimum Gasteiger partial charge on any atom is -0.425 e. The Hall–Kier alpha value is -2.85. The summed E-state index contributed by atoms with van der Waals surface area (Å²) in [5, 5.41) is 27.6. The van der Waals surface area contributed by atoms with Gasteiger partial charge in [0.2, 0.25) is 5.90 Å². The van der Waals surface area contributed by atoms with E-state index in [0.717, 1.165) is 12.8 Å². The van der Waals surface area contributed by atoms with Gasteiger partial charge < -0.3 is 19.4 Å². The van der Waals surface area contributed by atoms with Gasteiger partial charge in [-0.25, -0.2) is 0 Å². The molecule has 2 aromatic rings. The highest BCUT2D eigenvalue weighted by atomic mass is 16.5. The van der Waals surface area contributed by atoms with Crippen LogP contribution in [0, 0.1) is 40.9 Å². The molecule has 3 rings (SSSR count). The zero-order chi connectivity index (χ0) is 21.7. The maximum absolute atomic E-state index is 12.7. The van der Waals surface area contributed by atoms with Crippen LogP contribution in [0.15, 0.2) is 11.0 Å². The Morgan fingerprint density at radius 2 is 1.93 bits per heavy atom. The highest BCUT2D eigenvalue weighted by Gasteiger charge is 2.38. The van der Waals surface area contributed by atoms with Gasteiger partial charge in [-0.05, 0) is 32.6 Å². The topological polar surface area (TPSA) is 115 Å². The highest BCUT2D eigenvalue weighted by Crippen LogP contribution is 2.39. The van der Waals surface area contributed by atoms with E-state index < -0.39 is 11.0 Å². The second-order valence-electron chi connectivity index (χ2n) is 9.02. The van der Waals surface area contributed by atoms with E-state index >= 15 is 0 Å². The summed E-state index contributed by atoms with van der Waals surface area (Å²) < 4.78 is 6.94. The molecule has 0 spiro atoms. The molecule has 1 aliphatic rings. The minimum atomic E-state index is -1.09. The first kappa shape index (κ1) is 20.9. The fraction of sp³-hybridized carbons (Fsp3) is 0.500. The van der Waals surface area contributed by atoms with E-state index in [-0.39, 0.29) is 23.3 Å². The summed E-state index contributed by atoms with van der Waals surface area (Å²) in [5.41, 5.74) is -0.0351. The molecule has 0 radical (unpaired) electrons. The molecule has 1 atom stereocenters. The van der Waals surface area contributed by atoms with Crippen LogP contribution >= 0.6 is 0 Å². The first-order chi connectivity index (χ1) is 13.3. The van der Waals surface area contributed by atoms with E-state index in [1.807, 2.05) is 20.8 Å². The molecule has 4 N–H and O–H groups in total. The van der Waals surface area contributed by atoms with Crippen LogP contribution in [-0.2, 0) is 11.8 Å². The van der Waals surface area contributed by atoms with Gasteiger partial charge >= 0.3 is 0 Å². The second-order valence-corrected chi connectivity index (χ2v) is 9.02. The summed E-state index contributed by atoms with van der Waals surface area (Å²) in [6.45, 7) is 8.95. The predicted molar refractivity (Wildman–Crippen MR) is 114 cm³/mol. The van der Waals surface area contributed by atoms with Crippen LogP contribution in [-0.4, -0.2) is 32.1 Å². The lowest BCUT2D eigenvalue weighted by Gasteiger charge is -2.20. The van der Waals surface area contributed by atoms with Crippen LogP contribution in [0.4, 0.5) is 0 Å². The van der Waals surface area contributed by atoms with E-state index in [4.69, 9.17) is 15.6 Å². The summed E-state index contributed by atoms with van der Waals surface area (Å²) in [7, 11) is 1.64. The molecule has 0 amide bonds. The smallest absolute Gasteiger partial charge is 0.274 e. The highest BCUT2D eigenvalue weighted by molar-refractivity contribution is 6.11. The minimum absolute atomic E-state index is 0.0376. The second kappa shape index (κ2) is 6.89. The number of ether oxygens (including phenoxy) is 1. The first-order valence-corrected chi connectivity index (χ1v) is 9.66. The van der Waals surface area contributed by atoms with Crippen LogP contribution in [0.5, 0.6) is 0 Å². The summed E-state index contributed by atoms with van der Waals surface area (Å²) in [4.78, 5) is 15.7. The van der Waals surface area contributed by atoms with Crippen molar-refractivity contribution < 1.29 is 9.84 Å². The Morgan fingerprint density at radius 3 is 2.48 bits per heavy atom. The Labute approximate surface area is 170 Å². The summed E-state index contributed by atoms with van der Waals surface area (Å²) in [5.74, 6) is 5.88. The van der Waals surface area contributed by atoms with Crippen molar-refractivity contribution in [2.45, 2.75) is 53.1 Å². The van der Waals surface area contributed by atoms with Crippen molar-refractivity contribution in [1.29, 1.82) is 10.8 Å². The molecule has 0 bridgehead atoms. The van der Waals surface area contributed by atoms with Crippen LogP contribution < -0.4 is 5.56 Å². The quantitative estimate of drug-likeness (QED) is 0.355. The van der Waals surface area contributed by atoms with Crippen molar-refractivity contribution in [1.82, 2.24) is 9.55 Å². The molecule has 29 heavy (non-hydrogen) atoms. The zero-order valence-electron chi connectivity index (χ0n) is 17.8. The number of H-pyrrole nitrogens is 1. The van der Waals surface area contributed by atoms with Gasteiger partial charge in [-0.1, -0.05) is 32.6 Å². The van der Waals surface area contributed by atoms with Gasteiger partial charge in [0.1, 0.15) is 11.1 Å². The third-order valence-electron chi connectivity index (χ3n) is 5.25. The zero-order valence-corrected chi connectivity index (χ0v) is 17.8. The maximum Gasteiger partial charge on any atom is 0.274 e. The third kappa shape index (κ3) is 3.99. The molecule has 2 aromatic heterocycles. The molecule has 1 saturated carbocycles. The fourth-order valence-electron chi connectivity index (χ4n) is 3.17. The van der Waals surface area contributed by atoms with Gasteiger partial charge in [-0.15, -0.1) is 0 Å². The van der Waals surface area contributed by atoms with Crippen molar-refractivity contribution in [2.75, 3.05) is 0 Å². The molecule has 1 fully saturated rings. The molecule has 0 aromatic carbocycles. The number of aliphatic hydroxyl groups is 1. The number of nitrogens with one attached hydrogen (secondary N) is 3. The predicted octanol–water partition coefficient (Wildman–Crippen LogP) is 3.05. The molecule has 7 heteroatoms. The molecule has 2 heterocycles. The molecular formula is C22H28N4O3. The number of nitrogens with zero attached hydrogens (tertiary/aromatic N) is 1. The number of rotatable bonds is 2. The Kier molecular flexibility index (Phi) is 4.96. The average Bonchev–Trinajstić information content (AvgIpc) is 3.39. The molecule has 1 aliphatic carbocycles. The number of hydrogen-bond donors (Lipinski definition) is 4. The summed E-state index contributed by atoms with van der Waals surface area (Å²) >= 11 is 0. The van der Waals surface area contributed by atoms with E-state index in [1.165, 1.54) is 4.57 Å². The van der Waals surface area contributed by atoms with Crippen LogP contribution in [0.1, 0.15) is 57.4 Å². The van der Waals surface area contributed by atoms with E-state index in [9.17, 15) is 9.90 Å². The normalized spacial score (nSPS) is 16.1. The lowest BCUT2D eigenvalue weighted by atomic mass is 9.96. The third-order valence-corrected chi connectivity index (χ3v) is 5.25.